The number of benzene rings is 2. The zero-order chi connectivity index (χ0) is 13.7. The number of nitrogens with zero attached hydrogens (tertiary/aromatic N) is 4. The van der Waals surface area contributed by atoms with Gasteiger partial charge in [0.15, 0.2) is 0 Å². The Kier molecular flexibility index (Phi) is 2.04. The van der Waals surface area contributed by atoms with Crippen molar-refractivity contribution < 1.29 is 4.39 Å². The third-order valence-corrected chi connectivity index (χ3v) is 3.30. The molecular formula is C15H7FN4. The molecule has 0 atom stereocenters. The molecule has 94 valence electrons. The molecule has 0 radical (unpaired) electrons. The molecule has 0 saturated heterocycles. The number of para-hydroxylation sites is 2. The van der Waals surface area contributed by atoms with Crippen molar-refractivity contribution in [2.24, 2.45) is 0 Å². The van der Waals surface area contributed by atoms with E-state index in [-0.39, 0.29) is 11.6 Å². The minimum absolute atomic E-state index is 0.201. The fraction of sp³-hybridized carbons (Fsp3) is 0. The van der Waals surface area contributed by atoms with Crippen LogP contribution in [-0.2, 0) is 0 Å². The lowest BCUT2D eigenvalue weighted by molar-refractivity contribution is 0.629. The first kappa shape index (κ1) is 10.9. The average molecular weight is 262 g/mol. The summed E-state index contributed by atoms with van der Waals surface area (Å²) in [7, 11) is 0. The second kappa shape index (κ2) is 3.75. The maximum Gasteiger partial charge on any atom is 0.219 e. The lowest BCUT2D eigenvalue weighted by Gasteiger charge is -2.03. The predicted molar refractivity (Wildman–Crippen MR) is 72.7 cm³/mol. The highest BCUT2D eigenvalue weighted by Crippen LogP contribution is 2.24. The summed E-state index contributed by atoms with van der Waals surface area (Å²) >= 11 is 0. The number of hydrogen-bond acceptors (Lipinski definition) is 3. The molecule has 4 nitrogen and oxygen atoms in total. The third kappa shape index (κ3) is 1.33. The number of imidazole rings is 1. The first-order valence-corrected chi connectivity index (χ1v) is 6.04. The minimum Gasteiger partial charge on any atom is -0.267 e. The fourth-order valence-corrected chi connectivity index (χ4v) is 2.45. The van der Waals surface area contributed by atoms with Crippen molar-refractivity contribution in [3.8, 4) is 6.07 Å². The van der Waals surface area contributed by atoms with Gasteiger partial charge in [-0.15, -0.1) is 0 Å². The molecule has 2 aromatic carbocycles. The van der Waals surface area contributed by atoms with Crippen LogP contribution in [0.5, 0.6) is 0 Å². The lowest BCUT2D eigenvalue weighted by Crippen LogP contribution is -1.98. The average Bonchev–Trinajstić information content (AvgIpc) is 2.85. The highest BCUT2D eigenvalue weighted by Gasteiger charge is 2.13. The molecule has 2 heterocycles. The second-order valence-corrected chi connectivity index (χ2v) is 4.47. The van der Waals surface area contributed by atoms with E-state index in [2.05, 4.69) is 9.97 Å². The maximum absolute atomic E-state index is 13.3. The van der Waals surface area contributed by atoms with Crippen LogP contribution in [0.4, 0.5) is 4.39 Å². The van der Waals surface area contributed by atoms with E-state index < -0.39 is 0 Å². The molecule has 4 rings (SSSR count). The normalized spacial score (nSPS) is 11.2. The van der Waals surface area contributed by atoms with E-state index in [1.165, 1.54) is 12.1 Å². The molecule has 0 spiro atoms. The van der Waals surface area contributed by atoms with E-state index >= 15 is 0 Å². The van der Waals surface area contributed by atoms with Gasteiger partial charge in [0.1, 0.15) is 17.5 Å². The van der Waals surface area contributed by atoms with E-state index in [1.807, 2.05) is 30.3 Å². The molecule has 5 heteroatoms. The van der Waals surface area contributed by atoms with Gasteiger partial charge in [0.05, 0.1) is 16.6 Å². The molecule has 0 aliphatic rings. The van der Waals surface area contributed by atoms with Crippen molar-refractivity contribution in [1.82, 2.24) is 14.4 Å². The quantitative estimate of drug-likeness (QED) is 0.489. The van der Waals surface area contributed by atoms with Crippen LogP contribution in [0.3, 0.4) is 0 Å². The first-order valence-electron chi connectivity index (χ1n) is 6.04. The highest BCUT2D eigenvalue weighted by molar-refractivity contribution is 5.96. The first-order chi connectivity index (χ1) is 9.78. The van der Waals surface area contributed by atoms with Gasteiger partial charge < -0.3 is 0 Å². The Labute approximate surface area is 112 Å². The summed E-state index contributed by atoms with van der Waals surface area (Å²) in [6, 6.07) is 13.9. The van der Waals surface area contributed by atoms with Gasteiger partial charge >= 0.3 is 0 Å². The smallest absolute Gasteiger partial charge is 0.219 e. The van der Waals surface area contributed by atoms with E-state index in [4.69, 9.17) is 0 Å². The third-order valence-electron chi connectivity index (χ3n) is 3.30. The van der Waals surface area contributed by atoms with Crippen molar-refractivity contribution in [3.05, 3.63) is 54.1 Å². The Balaban J connectivity index is 2.35. The van der Waals surface area contributed by atoms with Crippen LogP contribution in [0.15, 0.2) is 42.5 Å². The van der Waals surface area contributed by atoms with E-state index in [1.54, 1.807) is 10.5 Å². The van der Waals surface area contributed by atoms with E-state index in [0.29, 0.717) is 11.2 Å². The van der Waals surface area contributed by atoms with E-state index in [0.717, 1.165) is 16.4 Å². The molecule has 0 fully saturated rings. The molecule has 0 aliphatic heterocycles. The van der Waals surface area contributed by atoms with Crippen LogP contribution < -0.4 is 0 Å². The van der Waals surface area contributed by atoms with Gasteiger partial charge in [-0.1, -0.05) is 12.1 Å². The van der Waals surface area contributed by atoms with Crippen LogP contribution in [0.25, 0.3) is 27.6 Å². The topological polar surface area (TPSA) is 54.0 Å². The number of fused-ring (bicyclic) bond motifs is 5. The molecule has 0 unspecified atom stereocenters. The molecule has 0 saturated carbocycles. The number of rotatable bonds is 0. The zero-order valence-electron chi connectivity index (χ0n) is 10.2. The summed E-state index contributed by atoms with van der Waals surface area (Å²) < 4.78 is 15.0. The monoisotopic (exact) mass is 262 g/mol. The molecule has 4 aromatic rings. The zero-order valence-corrected chi connectivity index (χ0v) is 10.2. The Morgan fingerprint density at radius 2 is 1.90 bits per heavy atom. The Bertz CT molecular complexity index is 1030. The Hall–Kier alpha value is -3.00. The Morgan fingerprint density at radius 1 is 1.05 bits per heavy atom. The van der Waals surface area contributed by atoms with Gasteiger partial charge in [0.25, 0.3) is 0 Å². The summed E-state index contributed by atoms with van der Waals surface area (Å²) in [6.07, 6.45) is 0. The molecular weight excluding hydrogens is 255 g/mol. The molecule has 0 N–H and O–H groups in total. The molecule has 0 aliphatic carbocycles. The van der Waals surface area contributed by atoms with Gasteiger partial charge in [0.2, 0.25) is 5.82 Å². The minimum atomic E-state index is -0.380. The summed E-state index contributed by atoms with van der Waals surface area (Å²) in [5.41, 5.74) is 2.65. The number of aromatic nitrogens is 3. The van der Waals surface area contributed by atoms with Crippen LogP contribution in [0.2, 0.25) is 0 Å². The van der Waals surface area contributed by atoms with Crippen molar-refractivity contribution >= 4 is 27.6 Å². The summed E-state index contributed by atoms with van der Waals surface area (Å²) in [6.45, 7) is 0. The van der Waals surface area contributed by atoms with Crippen LogP contribution in [0.1, 0.15) is 5.82 Å². The highest BCUT2D eigenvalue weighted by atomic mass is 19.1. The maximum atomic E-state index is 13.3. The van der Waals surface area contributed by atoms with Gasteiger partial charge in [0, 0.05) is 11.5 Å². The molecule has 0 amide bonds. The van der Waals surface area contributed by atoms with Crippen molar-refractivity contribution in [2.45, 2.75) is 0 Å². The summed E-state index contributed by atoms with van der Waals surface area (Å²) in [5.74, 6) is -0.179. The van der Waals surface area contributed by atoms with Gasteiger partial charge in [-0.3, -0.25) is 4.40 Å². The van der Waals surface area contributed by atoms with Gasteiger partial charge in [-0.25, -0.2) is 14.4 Å². The second-order valence-electron chi connectivity index (χ2n) is 4.47. The Morgan fingerprint density at radius 3 is 2.75 bits per heavy atom. The predicted octanol–water partition coefficient (Wildman–Crippen LogP) is 3.05. The van der Waals surface area contributed by atoms with Crippen molar-refractivity contribution in [3.63, 3.8) is 0 Å². The fourth-order valence-electron chi connectivity index (χ4n) is 2.45. The number of hydrogen-bond donors (Lipinski definition) is 0. The lowest BCUT2D eigenvalue weighted by atomic mass is 10.2. The molecule has 20 heavy (non-hydrogen) atoms. The van der Waals surface area contributed by atoms with E-state index in [9.17, 15) is 9.65 Å². The van der Waals surface area contributed by atoms with Gasteiger partial charge in [-0.05, 0) is 24.3 Å². The van der Waals surface area contributed by atoms with Crippen LogP contribution in [-0.4, -0.2) is 14.4 Å². The van der Waals surface area contributed by atoms with Crippen molar-refractivity contribution in [1.29, 1.82) is 5.26 Å². The molecule has 2 aromatic heterocycles. The summed E-state index contributed by atoms with van der Waals surface area (Å²) in [4.78, 5) is 8.76. The SMILES string of the molecule is N#Cc1nc2cc(F)ccc2c2nc3ccccc3n12. The largest absolute Gasteiger partial charge is 0.267 e. The number of nitriles is 1. The standard InChI is InChI=1S/C15H7FN4/c16-9-5-6-10-12(7-9)18-14(8-17)20-13-4-2-1-3-11(13)19-15(10)20/h1-7H. The van der Waals surface area contributed by atoms with Crippen LogP contribution >= 0.6 is 0 Å². The van der Waals surface area contributed by atoms with Crippen LogP contribution in [0, 0.1) is 17.1 Å². The summed E-state index contributed by atoms with van der Waals surface area (Å²) in [5, 5.41) is 10.0. The van der Waals surface area contributed by atoms with Gasteiger partial charge in [-0.2, -0.15) is 5.26 Å². The van der Waals surface area contributed by atoms with Crippen molar-refractivity contribution in [2.75, 3.05) is 0 Å². The molecule has 0 bridgehead atoms. The number of halogens is 1.